The fourth-order valence-electron chi connectivity index (χ4n) is 2.36. The Hall–Kier alpha value is -1.58. The highest BCUT2D eigenvalue weighted by molar-refractivity contribution is 6.31. The lowest BCUT2D eigenvalue weighted by atomic mass is 10.2. The molecule has 0 bridgehead atoms. The number of hydrogen-bond acceptors (Lipinski definition) is 3. The molecule has 1 fully saturated rings. The first-order valence-corrected chi connectivity index (χ1v) is 7.87. The van der Waals surface area contributed by atoms with Gasteiger partial charge < -0.3 is 10.2 Å². The normalized spacial score (nSPS) is 14.2. The van der Waals surface area contributed by atoms with Gasteiger partial charge in [0.25, 0.3) is 0 Å². The average molecular weight is 302 g/mol. The summed E-state index contributed by atoms with van der Waals surface area (Å²) in [5.41, 5.74) is 2.08. The highest BCUT2D eigenvalue weighted by Gasteiger charge is 2.21. The molecule has 0 unspecified atom stereocenters. The summed E-state index contributed by atoms with van der Waals surface area (Å²) in [6.45, 7) is 3.74. The molecule has 1 N–H and O–H groups in total. The lowest BCUT2D eigenvalue weighted by Crippen LogP contribution is -2.20. The number of anilines is 2. The van der Waals surface area contributed by atoms with Crippen molar-refractivity contribution in [3.05, 3.63) is 53.2 Å². The molecule has 3 rings (SSSR count). The first-order chi connectivity index (χ1) is 10.3. The van der Waals surface area contributed by atoms with E-state index in [9.17, 15) is 0 Å². The molecular weight excluding hydrogens is 282 g/mol. The molecule has 0 saturated heterocycles. The summed E-state index contributed by atoms with van der Waals surface area (Å²) in [6, 6.07) is 14.9. The van der Waals surface area contributed by atoms with E-state index < -0.39 is 0 Å². The second-order valence-electron chi connectivity index (χ2n) is 5.33. The molecule has 110 valence electrons. The molecule has 0 amide bonds. The molecule has 3 nitrogen and oxygen atoms in total. The van der Waals surface area contributed by atoms with Gasteiger partial charge in [0.15, 0.2) is 0 Å². The molecular formula is C17H20ClN3. The number of pyridine rings is 1. The monoisotopic (exact) mass is 301 g/mol. The van der Waals surface area contributed by atoms with Crippen molar-refractivity contribution in [3.8, 4) is 0 Å². The molecule has 21 heavy (non-hydrogen) atoms. The zero-order valence-electron chi connectivity index (χ0n) is 12.2. The minimum Gasteiger partial charge on any atom is -0.327 e. The van der Waals surface area contributed by atoms with E-state index in [2.05, 4.69) is 29.3 Å². The van der Waals surface area contributed by atoms with Crippen LogP contribution in [0.3, 0.4) is 0 Å². The van der Waals surface area contributed by atoms with Crippen molar-refractivity contribution in [2.75, 3.05) is 11.4 Å². The van der Waals surface area contributed by atoms with Crippen LogP contribution in [0.15, 0.2) is 42.5 Å². The summed E-state index contributed by atoms with van der Waals surface area (Å²) in [6.07, 6.45) is 2.53. The van der Waals surface area contributed by atoms with Gasteiger partial charge >= 0.3 is 0 Å². The maximum absolute atomic E-state index is 6.27. The van der Waals surface area contributed by atoms with Crippen LogP contribution < -0.4 is 10.2 Å². The fraction of sp³-hybridized carbons (Fsp3) is 0.353. The Morgan fingerprint density at radius 3 is 2.62 bits per heavy atom. The van der Waals surface area contributed by atoms with Gasteiger partial charge in [0.05, 0.1) is 10.7 Å². The number of nitrogens with one attached hydrogen (secondary N) is 1. The zero-order chi connectivity index (χ0) is 14.7. The number of nitrogens with zero attached hydrogens (tertiary/aromatic N) is 2. The van der Waals surface area contributed by atoms with Crippen molar-refractivity contribution in [2.24, 2.45) is 0 Å². The van der Waals surface area contributed by atoms with E-state index in [1.54, 1.807) is 0 Å². The Labute approximate surface area is 131 Å². The standard InChI is InChI=1S/C17H20ClN3/c1-2-21(14-6-4-3-5-7-14)17-11-10-15(18)16(20-17)12-19-13-8-9-13/h3-7,10-11,13,19H,2,8-9,12H2,1H3. The quantitative estimate of drug-likeness (QED) is 0.869. The average Bonchev–Trinajstić information content (AvgIpc) is 3.33. The van der Waals surface area contributed by atoms with Crippen molar-refractivity contribution < 1.29 is 0 Å². The van der Waals surface area contributed by atoms with E-state index in [1.807, 2.05) is 30.3 Å². The van der Waals surface area contributed by atoms with Crippen LogP contribution in [0, 0.1) is 0 Å². The molecule has 1 saturated carbocycles. The van der Waals surface area contributed by atoms with Crippen LogP contribution in [0.25, 0.3) is 0 Å². The maximum Gasteiger partial charge on any atom is 0.133 e. The fourth-order valence-corrected chi connectivity index (χ4v) is 2.53. The van der Waals surface area contributed by atoms with Gasteiger partial charge in [0.1, 0.15) is 5.82 Å². The molecule has 1 aromatic carbocycles. The SMILES string of the molecule is CCN(c1ccccc1)c1ccc(Cl)c(CNC2CC2)n1. The second kappa shape index (κ2) is 6.46. The van der Waals surface area contributed by atoms with Crippen molar-refractivity contribution in [3.63, 3.8) is 0 Å². The Kier molecular flexibility index (Phi) is 4.42. The summed E-state index contributed by atoms with van der Waals surface area (Å²) < 4.78 is 0. The topological polar surface area (TPSA) is 28.2 Å². The number of para-hydroxylation sites is 1. The summed E-state index contributed by atoms with van der Waals surface area (Å²) in [4.78, 5) is 6.94. The van der Waals surface area contributed by atoms with Crippen molar-refractivity contribution in [1.29, 1.82) is 0 Å². The van der Waals surface area contributed by atoms with Crippen LogP contribution in [-0.2, 0) is 6.54 Å². The minimum absolute atomic E-state index is 0.655. The van der Waals surface area contributed by atoms with Gasteiger partial charge in [0.2, 0.25) is 0 Å². The number of benzene rings is 1. The third-order valence-corrected chi connectivity index (χ3v) is 4.04. The van der Waals surface area contributed by atoms with E-state index in [4.69, 9.17) is 16.6 Å². The van der Waals surface area contributed by atoms with Crippen LogP contribution in [-0.4, -0.2) is 17.6 Å². The molecule has 0 aliphatic heterocycles. The predicted octanol–water partition coefficient (Wildman–Crippen LogP) is 4.15. The van der Waals surface area contributed by atoms with Crippen LogP contribution in [0.5, 0.6) is 0 Å². The summed E-state index contributed by atoms with van der Waals surface area (Å²) in [5, 5.41) is 4.20. The smallest absolute Gasteiger partial charge is 0.133 e. The number of rotatable bonds is 6. The van der Waals surface area contributed by atoms with Gasteiger partial charge in [-0.05, 0) is 44.0 Å². The van der Waals surface area contributed by atoms with Gasteiger partial charge in [0, 0.05) is 24.8 Å². The Bertz CT molecular complexity index is 596. The van der Waals surface area contributed by atoms with E-state index in [1.165, 1.54) is 12.8 Å². The molecule has 1 aliphatic carbocycles. The Morgan fingerprint density at radius 2 is 1.95 bits per heavy atom. The lowest BCUT2D eigenvalue weighted by Gasteiger charge is -2.23. The molecule has 0 atom stereocenters. The van der Waals surface area contributed by atoms with Crippen molar-refractivity contribution in [1.82, 2.24) is 10.3 Å². The van der Waals surface area contributed by atoms with Gasteiger partial charge in [-0.2, -0.15) is 0 Å². The van der Waals surface area contributed by atoms with Crippen LogP contribution in [0.2, 0.25) is 5.02 Å². The minimum atomic E-state index is 0.655. The van der Waals surface area contributed by atoms with Gasteiger partial charge in [-0.3, -0.25) is 0 Å². The van der Waals surface area contributed by atoms with Crippen LogP contribution >= 0.6 is 11.6 Å². The molecule has 1 aliphatic rings. The van der Waals surface area contributed by atoms with Crippen LogP contribution in [0.1, 0.15) is 25.5 Å². The number of hydrogen-bond donors (Lipinski definition) is 1. The molecule has 4 heteroatoms. The third kappa shape index (κ3) is 3.55. The van der Waals surface area contributed by atoms with Gasteiger partial charge in [-0.15, -0.1) is 0 Å². The molecule has 1 aromatic heterocycles. The van der Waals surface area contributed by atoms with E-state index >= 15 is 0 Å². The van der Waals surface area contributed by atoms with Crippen molar-refractivity contribution >= 4 is 23.1 Å². The number of aromatic nitrogens is 1. The van der Waals surface area contributed by atoms with Gasteiger partial charge in [-0.1, -0.05) is 29.8 Å². The summed E-state index contributed by atoms with van der Waals surface area (Å²) >= 11 is 6.27. The molecule has 1 heterocycles. The maximum atomic E-state index is 6.27. The number of halogens is 1. The van der Waals surface area contributed by atoms with E-state index in [0.717, 1.165) is 35.3 Å². The van der Waals surface area contributed by atoms with Crippen molar-refractivity contribution in [2.45, 2.75) is 32.4 Å². The van der Waals surface area contributed by atoms with E-state index in [0.29, 0.717) is 6.04 Å². The molecule has 2 aromatic rings. The zero-order valence-corrected chi connectivity index (χ0v) is 13.0. The van der Waals surface area contributed by atoms with Gasteiger partial charge in [-0.25, -0.2) is 4.98 Å². The summed E-state index contributed by atoms with van der Waals surface area (Å²) in [7, 11) is 0. The second-order valence-corrected chi connectivity index (χ2v) is 5.74. The largest absolute Gasteiger partial charge is 0.327 e. The van der Waals surface area contributed by atoms with Crippen LogP contribution in [0.4, 0.5) is 11.5 Å². The molecule has 0 spiro atoms. The lowest BCUT2D eigenvalue weighted by molar-refractivity contribution is 0.674. The Morgan fingerprint density at radius 1 is 1.19 bits per heavy atom. The Balaban J connectivity index is 1.84. The predicted molar refractivity (Wildman–Crippen MR) is 88.2 cm³/mol. The van der Waals surface area contributed by atoms with E-state index in [-0.39, 0.29) is 0 Å². The first kappa shape index (κ1) is 14.4. The molecule has 0 radical (unpaired) electrons. The summed E-state index contributed by atoms with van der Waals surface area (Å²) in [5.74, 6) is 0.945. The third-order valence-electron chi connectivity index (χ3n) is 3.70. The highest BCUT2D eigenvalue weighted by atomic mass is 35.5. The first-order valence-electron chi connectivity index (χ1n) is 7.49. The highest BCUT2D eigenvalue weighted by Crippen LogP contribution is 2.26.